The molecule has 0 aromatic rings. The first-order valence-electron chi connectivity index (χ1n) is 5.48. The first kappa shape index (κ1) is 11.3. The maximum atomic E-state index is 11.3. The van der Waals surface area contributed by atoms with Crippen molar-refractivity contribution in [2.75, 3.05) is 6.61 Å². The van der Waals surface area contributed by atoms with Gasteiger partial charge in [0.25, 0.3) is 0 Å². The van der Waals surface area contributed by atoms with Gasteiger partial charge in [0.05, 0.1) is 6.61 Å². The minimum Gasteiger partial charge on any atom is -0.462 e. The van der Waals surface area contributed by atoms with Gasteiger partial charge in [-0.2, -0.15) is 0 Å². The van der Waals surface area contributed by atoms with Crippen LogP contribution in [0.3, 0.4) is 0 Å². The van der Waals surface area contributed by atoms with Gasteiger partial charge < -0.3 is 4.74 Å². The van der Waals surface area contributed by atoms with Crippen molar-refractivity contribution in [3.63, 3.8) is 0 Å². The zero-order valence-electron chi connectivity index (χ0n) is 9.38. The highest BCUT2D eigenvalue weighted by Crippen LogP contribution is 2.28. The average Bonchev–Trinajstić information content (AvgIpc) is 2.96. The van der Waals surface area contributed by atoms with E-state index in [1.165, 1.54) is 12.8 Å². The molecule has 1 aliphatic rings. The fourth-order valence-electron chi connectivity index (χ4n) is 1.18. The highest BCUT2D eigenvalue weighted by Gasteiger charge is 2.22. The van der Waals surface area contributed by atoms with Crippen molar-refractivity contribution in [3.05, 3.63) is 11.6 Å². The van der Waals surface area contributed by atoms with Crippen LogP contribution in [-0.4, -0.2) is 12.6 Å². The number of hydrogen-bond donors (Lipinski definition) is 0. The fourth-order valence-corrected chi connectivity index (χ4v) is 1.18. The molecule has 1 aliphatic carbocycles. The SMILES string of the molecule is CCC(C)/C(C)=C/C(=O)OCC1CC1. The third kappa shape index (κ3) is 3.95. The lowest BCUT2D eigenvalue weighted by atomic mass is 10.00. The molecule has 0 radical (unpaired) electrons. The van der Waals surface area contributed by atoms with Gasteiger partial charge in [0.2, 0.25) is 0 Å². The highest BCUT2D eigenvalue weighted by molar-refractivity contribution is 5.82. The van der Waals surface area contributed by atoms with Crippen LogP contribution in [0, 0.1) is 11.8 Å². The van der Waals surface area contributed by atoms with Crippen molar-refractivity contribution < 1.29 is 9.53 Å². The van der Waals surface area contributed by atoms with Crippen molar-refractivity contribution in [1.29, 1.82) is 0 Å². The molecule has 1 saturated carbocycles. The lowest BCUT2D eigenvalue weighted by Crippen LogP contribution is -2.06. The number of allylic oxidation sites excluding steroid dienone is 1. The Kier molecular flexibility index (Phi) is 4.18. The molecule has 0 amide bonds. The standard InChI is InChI=1S/C12H20O2/c1-4-9(2)10(3)7-12(13)14-8-11-5-6-11/h7,9,11H,4-6,8H2,1-3H3/b10-7+. The summed E-state index contributed by atoms with van der Waals surface area (Å²) in [5, 5.41) is 0. The smallest absolute Gasteiger partial charge is 0.330 e. The molecule has 1 atom stereocenters. The molecule has 0 N–H and O–H groups in total. The van der Waals surface area contributed by atoms with Crippen molar-refractivity contribution in [1.82, 2.24) is 0 Å². The molecule has 1 unspecified atom stereocenters. The van der Waals surface area contributed by atoms with Crippen molar-refractivity contribution in [3.8, 4) is 0 Å². The quantitative estimate of drug-likeness (QED) is 0.499. The second-order valence-corrected chi connectivity index (χ2v) is 4.27. The molecule has 1 fully saturated rings. The minimum absolute atomic E-state index is 0.172. The van der Waals surface area contributed by atoms with Crippen LogP contribution in [0.1, 0.15) is 40.0 Å². The third-order valence-corrected chi connectivity index (χ3v) is 2.89. The van der Waals surface area contributed by atoms with Gasteiger partial charge in [0.15, 0.2) is 0 Å². The molecule has 2 heteroatoms. The predicted molar refractivity (Wildman–Crippen MR) is 56.9 cm³/mol. The van der Waals surface area contributed by atoms with Crippen molar-refractivity contribution in [2.45, 2.75) is 40.0 Å². The van der Waals surface area contributed by atoms with E-state index in [0.29, 0.717) is 18.4 Å². The number of carbonyl (C=O) groups excluding carboxylic acids is 1. The fraction of sp³-hybridized carbons (Fsp3) is 0.750. The van der Waals surface area contributed by atoms with Crippen LogP contribution in [0.4, 0.5) is 0 Å². The molecule has 80 valence electrons. The zero-order valence-corrected chi connectivity index (χ0v) is 9.38. The monoisotopic (exact) mass is 196 g/mol. The maximum absolute atomic E-state index is 11.3. The van der Waals surface area contributed by atoms with E-state index in [1.54, 1.807) is 6.08 Å². The Morgan fingerprint density at radius 3 is 2.71 bits per heavy atom. The summed E-state index contributed by atoms with van der Waals surface area (Å²) in [4.78, 5) is 11.3. The summed E-state index contributed by atoms with van der Waals surface area (Å²) in [5.41, 5.74) is 1.12. The predicted octanol–water partition coefficient (Wildman–Crippen LogP) is 2.93. The molecule has 0 spiro atoms. The van der Waals surface area contributed by atoms with Gasteiger partial charge >= 0.3 is 5.97 Å². The second kappa shape index (κ2) is 5.18. The Balaban J connectivity index is 2.28. The van der Waals surface area contributed by atoms with Crippen LogP contribution < -0.4 is 0 Å². The van der Waals surface area contributed by atoms with Crippen LogP contribution in [0.5, 0.6) is 0 Å². The van der Waals surface area contributed by atoms with E-state index in [4.69, 9.17) is 4.74 Å². The number of esters is 1. The topological polar surface area (TPSA) is 26.3 Å². The van der Waals surface area contributed by atoms with Crippen LogP contribution in [0.25, 0.3) is 0 Å². The molecule has 0 saturated heterocycles. The van der Waals surface area contributed by atoms with Crippen LogP contribution in [0.15, 0.2) is 11.6 Å². The summed E-state index contributed by atoms with van der Waals surface area (Å²) < 4.78 is 5.12. The van der Waals surface area contributed by atoms with Crippen LogP contribution in [0.2, 0.25) is 0 Å². The molecular weight excluding hydrogens is 176 g/mol. The zero-order chi connectivity index (χ0) is 10.6. The minimum atomic E-state index is -0.172. The average molecular weight is 196 g/mol. The number of rotatable bonds is 5. The Morgan fingerprint density at radius 1 is 1.57 bits per heavy atom. The lowest BCUT2D eigenvalue weighted by molar-refractivity contribution is -0.138. The van der Waals surface area contributed by atoms with Gasteiger partial charge in [-0.1, -0.05) is 19.4 Å². The highest BCUT2D eigenvalue weighted by atomic mass is 16.5. The second-order valence-electron chi connectivity index (χ2n) is 4.27. The molecule has 0 aromatic carbocycles. The Hall–Kier alpha value is -0.790. The summed E-state index contributed by atoms with van der Waals surface area (Å²) in [6.45, 7) is 6.85. The van der Waals surface area contributed by atoms with E-state index in [2.05, 4.69) is 13.8 Å². The number of carbonyl (C=O) groups is 1. The van der Waals surface area contributed by atoms with E-state index in [-0.39, 0.29) is 5.97 Å². The molecule has 2 nitrogen and oxygen atoms in total. The largest absolute Gasteiger partial charge is 0.462 e. The summed E-state index contributed by atoms with van der Waals surface area (Å²) in [6, 6.07) is 0. The van der Waals surface area contributed by atoms with E-state index >= 15 is 0 Å². The van der Waals surface area contributed by atoms with E-state index in [9.17, 15) is 4.79 Å². The third-order valence-electron chi connectivity index (χ3n) is 2.89. The summed E-state index contributed by atoms with van der Waals surface area (Å²) >= 11 is 0. The normalized spacial score (nSPS) is 19.2. The van der Waals surface area contributed by atoms with Crippen molar-refractivity contribution >= 4 is 5.97 Å². The summed E-state index contributed by atoms with van der Waals surface area (Å²) in [5.74, 6) is 0.953. The number of ether oxygens (including phenoxy) is 1. The summed E-state index contributed by atoms with van der Waals surface area (Å²) in [6.07, 6.45) is 5.15. The Morgan fingerprint density at radius 2 is 2.21 bits per heavy atom. The summed E-state index contributed by atoms with van der Waals surface area (Å²) in [7, 11) is 0. The first-order chi connectivity index (χ1) is 6.63. The maximum Gasteiger partial charge on any atom is 0.330 e. The van der Waals surface area contributed by atoms with E-state index in [1.807, 2.05) is 6.92 Å². The van der Waals surface area contributed by atoms with Gasteiger partial charge in [-0.05, 0) is 38.0 Å². The number of hydrogen-bond acceptors (Lipinski definition) is 2. The lowest BCUT2D eigenvalue weighted by Gasteiger charge is -2.08. The van der Waals surface area contributed by atoms with Gasteiger partial charge in [-0.15, -0.1) is 0 Å². The molecule has 0 heterocycles. The molecule has 1 rings (SSSR count). The molecule has 14 heavy (non-hydrogen) atoms. The van der Waals surface area contributed by atoms with Crippen LogP contribution >= 0.6 is 0 Å². The van der Waals surface area contributed by atoms with Crippen molar-refractivity contribution in [2.24, 2.45) is 11.8 Å². The van der Waals surface area contributed by atoms with Gasteiger partial charge in [0.1, 0.15) is 0 Å². The van der Waals surface area contributed by atoms with E-state index in [0.717, 1.165) is 12.0 Å². The molecule has 0 bridgehead atoms. The molecule has 0 aliphatic heterocycles. The Bertz CT molecular complexity index is 226. The van der Waals surface area contributed by atoms with E-state index < -0.39 is 0 Å². The molecule has 0 aromatic heterocycles. The van der Waals surface area contributed by atoms with Gasteiger partial charge in [-0.3, -0.25) is 0 Å². The van der Waals surface area contributed by atoms with Gasteiger partial charge in [0, 0.05) is 6.08 Å². The van der Waals surface area contributed by atoms with Crippen LogP contribution in [-0.2, 0) is 9.53 Å². The van der Waals surface area contributed by atoms with Gasteiger partial charge in [-0.25, -0.2) is 4.79 Å². The molecular formula is C12H20O2. The first-order valence-corrected chi connectivity index (χ1v) is 5.48. The Labute approximate surface area is 86.3 Å².